The van der Waals surface area contributed by atoms with E-state index in [0.717, 1.165) is 30.0 Å². The molecule has 0 unspecified atom stereocenters. The van der Waals surface area contributed by atoms with E-state index in [4.69, 9.17) is 13.9 Å². The van der Waals surface area contributed by atoms with Gasteiger partial charge in [-0.1, -0.05) is 12.1 Å². The summed E-state index contributed by atoms with van der Waals surface area (Å²) in [7, 11) is 2.74. The summed E-state index contributed by atoms with van der Waals surface area (Å²) in [5, 5.41) is 10.4. The maximum atomic E-state index is 13.9. The SMILES string of the molecule is COC(=O)C[C@H](c1ccc(OC)cc1)c1oc(CSc2ccc(F)cc2F)cc(=O)c1O. The van der Waals surface area contributed by atoms with E-state index < -0.39 is 34.7 Å². The standard InChI is InChI=1S/C23H20F2O6S/c1-29-15-6-3-13(4-7-15)17(11-21(27)30-2)23-22(28)19(26)10-16(31-23)12-32-20-8-5-14(24)9-18(20)25/h3-10,17,28H,11-12H2,1-2H3/t17-/m1/s1. The summed E-state index contributed by atoms with van der Waals surface area (Å²) in [5.74, 6) is -2.77. The average molecular weight is 462 g/mol. The van der Waals surface area contributed by atoms with Crippen molar-refractivity contribution in [1.29, 1.82) is 0 Å². The Morgan fingerprint density at radius 2 is 1.84 bits per heavy atom. The highest BCUT2D eigenvalue weighted by Crippen LogP contribution is 2.35. The minimum Gasteiger partial charge on any atom is -0.502 e. The van der Waals surface area contributed by atoms with Crippen LogP contribution in [0.2, 0.25) is 0 Å². The lowest BCUT2D eigenvalue weighted by molar-refractivity contribution is -0.140. The molecule has 0 aliphatic carbocycles. The first-order chi connectivity index (χ1) is 15.3. The van der Waals surface area contributed by atoms with Crippen LogP contribution in [0.3, 0.4) is 0 Å². The van der Waals surface area contributed by atoms with Crippen LogP contribution in [0.4, 0.5) is 8.78 Å². The van der Waals surface area contributed by atoms with Gasteiger partial charge in [0.05, 0.1) is 32.3 Å². The summed E-state index contributed by atoms with van der Waals surface area (Å²) in [4.78, 5) is 24.6. The Labute approximate surface area is 186 Å². The van der Waals surface area contributed by atoms with Gasteiger partial charge in [-0.25, -0.2) is 8.78 Å². The predicted octanol–water partition coefficient (Wildman–Crippen LogP) is 4.62. The van der Waals surface area contributed by atoms with Crippen LogP contribution < -0.4 is 10.2 Å². The monoisotopic (exact) mass is 462 g/mol. The van der Waals surface area contributed by atoms with E-state index in [-0.39, 0.29) is 28.6 Å². The Balaban J connectivity index is 1.97. The summed E-state index contributed by atoms with van der Waals surface area (Å²) < 4.78 is 42.7. The average Bonchev–Trinajstić information content (AvgIpc) is 2.79. The van der Waals surface area contributed by atoms with Crippen LogP contribution in [0.1, 0.15) is 29.4 Å². The first-order valence-electron chi connectivity index (χ1n) is 9.47. The van der Waals surface area contributed by atoms with E-state index in [2.05, 4.69) is 0 Å². The Bertz CT molecular complexity index is 1160. The maximum Gasteiger partial charge on any atom is 0.306 e. The molecule has 1 atom stereocenters. The molecule has 6 nitrogen and oxygen atoms in total. The molecule has 0 fully saturated rings. The molecule has 168 valence electrons. The van der Waals surface area contributed by atoms with Gasteiger partial charge in [0, 0.05) is 17.0 Å². The van der Waals surface area contributed by atoms with Crippen molar-refractivity contribution in [1.82, 2.24) is 0 Å². The van der Waals surface area contributed by atoms with Crippen LogP contribution in [0, 0.1) is 11.6 Å². The molecule has 0 bridgehead atoms. The van der Waals surface area contributed by atoms with Gasteiger partial charge in [-0.3, -0.25) is 9.59 Å². The van der Waals surface area contributed by atoms with Crippen LogP contribution in [0.25, 0.3) is 0 Å². The Morgan fingerprint density at radius 3 is 2.47 bits per heavy atom. The fraction of sp³-hybridized carbons (Fsp3) is 0.217. The summed E-state index contributed by atoms with van der Waals surface area (Å²) in [6.45, 7) is 0. The van der Waals surface area contributed by atoms with Crippen LogP contribution in [-0.2, 0) is 15.3 Å². The Kier molecular flexibility index (Phi) is 7.53. The van der Waals surface area contributed by atoms with Crippen molar-refractivity contribution in [2.24, 2.45) is 0 Å². The smallest absolute Gasteiger partial charge is 0.306 e. The normalized spacial score (nSPS) is 11.8. The lowest BCUT2D eigenvalue weighted by atomic mass is 9.92. The molecule has 3 aromatic rings. The first kappa shape index (κ1) is 23.3. The molecule has 1 heterocycles. The van der Waals surface area contributed by atoms with E-state index in [1.165, 1.54) is 20.3 Å². The molecule has 0 saturated carbocycles. The Hall–Kier alpha value is -3.33. The molecule has 3 rings (SSSR count). The highest BCUT2D eigenvalue weighted by Gasteiger charge is 2.26. The zero-order valence-corrected chi connectivity index (χ0v) is 18.1. The van der Waals surface area contributed by atoms with E-state index in [1.807, 2.05) is 0 Å². The lowest BCUT2D eigenvalue weighted by Gasteiger charge is -2.18. The largest absolute Gasteiger partial charge is 0.502 e. The molecule has 1 N–H and O–H groups in total. The van der Waals surface area contributed by atoms with Crippen molar-refractivity contribution in [2.45, 2.75) is 23.0 Å². The number of ether oxygens (including phenoxy) is 2. The van der Waals surface area contributed by atoms with E-state index in [9.17, 15) is 23.5 Å². The molecule has 0 spiro atoms. The number of esters is 1. The number of benzene rings is 2. The molecule has 2 aromatic carbocycles. The number of carbonyl (C=O) groups excluding carboxylic acids is 1. The number of thioether (sulfide) groups is 1. The summed E-state index contributed by atoms with van der Waals surface area (Å²) in [6.07, 6.45) is -0.192. The maximum absolute atomic E-state index is 13.9. The van der Waals surface area contributed by atoms with Gasteiger partial charge in [-0.2, -0.15) is 0 Å². The highest BCUT2D eigenvalue weighted by atomic mass is 32.2. The van der Waals surface area contributed by atoms with Gasteiger partial charge in [-0.05, 0) is 29.8 Å². The number of rotatable bonds is 8. The predicted molar refractivity (Wildman–Crippen MR) is 114 cm³/mol. The van der Waals surface area contributed by atoms with Crippen molar-refractivity contribution in [2.75, 3.05) is 14.2 Å². The topological polar surface area (TPSA) is 86.0 Å². The number of carbonyl (C=O) groups is 1. The number of methoxy groups -OCH3 is 2. The van der Waals surface area contributed by atoms with Gasteiger partial charge < -0.3 is 19.0 Å². The second-order valence-corrected chi connectivity index (χ2v) is 7.78. The fourth-order valence-corrected chi connectivity index (χ4v) is 3.85. The first-order valence-corrected chi connectivity index (χ1v) is 10.5. The molecule has 0 amide bonds. The highest BCUT2D eigenvalue weighted by molar-refractivity contribution is 7.98. The quantitative estimate of drug-likeness (QED) is 0.386. The molecular weight excluding hydrogens is 442 g/mol. The van der Waals surface area contributed by atoms with E-state index in [0.29, 0.717) is 11.3 Å². The van der Waals surface area contributed by atoms with Crippen molar-refractivity contribution in [3.8, 4) is 11.5 Å². The second kappa shape index (κ2) is 10.3. The fourth-order valence-electron chi connectivity index (χ4n) is 3.05. The summed E-state index contributed by atoms with van der Waals surface area (Å²) in [6, 6.07) is 11.0. The van der Waals surface area contributed by atoms with E-state index in [1.54, 1.807) is 24.3 Å². The third-order valence-corrected chi connectivity index (χ3v) is 5.77. The zero-order chi connectivity index (χ0) is 23.3. The minimum atomic E-state index is -0.812. The molecule has 9 heteroatoms. The van der Waals surface area contributed by atoms with Crippen molar-refractivity contribution >= 4 is 17.7 Å². The van der Waals surface area contributed by atoms with Crippen LogP contribution >= 0.6 is 11.8 Å². The van der Waals surface area contributed by atoms with Crippen LogP contribution in [-0.4, -0.2) is 25.3 Å². The molecule has 32 heavy (non-hydrogen) atoms. The molecule has 0 aliphatic heterocycles. The molecule has 1 aromatic heterocycles. The van der Waals surface area contributed by atoms with Gasteiger partial charge in [0.15, 0.2) is 5.76 Å². The molecule has 0 aliphatic rings. The van der Waals surface area contributed by atoms with Crippen LogP contribution in [0.15, 0.2) is 62.6 Å². The van der Waals surface area contributed by atoms with Crippen molar-refractivity contribution in [3.05, 3.63) is 87.5 Å². The Morgan fingerprint density at radius 1 is 1.12 bits per heavy atom. The number of hydrogen-bond acceptors (Lipinski definition) is 7. The van der Waals surface area contributed by atoms with Crippen molar-refractivity contribution in [3.63, 3.8) is 0 Å². The van der Waals surface area contributed by atoms with Gasteiger partial charge in [0.25, 0.3) is 0 Å². The zero-order valence-electron chi connectivity index (χ0n) is 17.3. The third-order valence-electron chi connectivity index (χ3n) is 4.70. The van der Waals surface area contributed by atoms with Gasteiger partial charge >= 0.3 is 5.97 Å². The number of hydrogen-bond donors (Lipinski definition) is 1. The second-order valence-electron chi connectivity index (χ2n) is 6.76. The lowest BCUT2D eigenvalue weighted by Crippen LogP contribution is -2.14. The molecular formula is C23H20F2O6S. The molecule has 0 saturated heterocycles. The molecule has 0 radical (unpaired) electrons. The summed E-state index contributed by atoms with van der Waals surface area (Å²) in [5.41, 5.74) is -0.117. The van der Waals surface area contributed by atoms with E-state index >= 15 is 0 Å². The number of halogens is 2. The van der Waals surface area contributed by atoms with Crippen LogP contribution in [0.5, 0.6) is 11.5 Å². The number of aromatic hydroxyl groups is 1. The van der Waals surface area contributed by atoms with Gasteiger partial charge in [0.2, 0.25) is 11.2 Å². The third kappa shape index (κ3) is 5.47. The minimum absolute atomic E-state index is 0.0403. The van der Waals surface area contributed by atoms with Gasteiger partial charge in [-0.15, -0.1) is 11.8 Å². The summed E-state index contributed by atoms with van der Waals surface area (Å²) >= 11 is 0.999. The van der Waals surface area contributed by atoms with Gasteiger partial charge in [0.1, 0.15) is 23.1 Å². The van der Waals surface area contributed by atoms with Crippen molar-refractivity contribution < 1.29 is 32.6 Å².